The molecule has 0 saturated carbocycles. The lowest BCUT2D eigenvalue weighted by atomic mass is 10.2. The fourth-order valence-electron chi connectivity index (χ4n) is 2.73. The molecule has 0 radical (unpaired) electrons. The van der Waals surface area contributed by atoms with Crippen molar-refractivity contribution in [3.05, 3.63) is 70.2 Å². The Balaban J connectivity index is 1.54. The van der Waals surface area contributed by atoms with Gasteiger partial charge in [0.05, 0.1) is 17.2 Å². The number of halogens is 1. The summed E-state index contributed by atoms with van der Waals surface area (Å²) in [5.41, 5.74) is 0.981. The van der Waals surface area contributed by atoms with Crippen LogP contribution >= 0.6 is 11.6 Å². The number of aromatic nitrogens is 2. The van der Waals surface area contributed by atoms with Gasteiger partial charge < -0.3 is 10.2 Å². The van der Waals surface area contributed by atoms with Crippen LogP contribution in [0.15, 0.2) is 59.7 Å². The first-order chi connectivity index (χ1) is 13.5. The average molecular weight is 399 g/mol. The highest BCUT2D eigenvalue weighted by atomic mass is 35.5. The topological polar surface area (TPSA) is 84.3 Å². The molecular formula is C20H19ClN4O3. The highest BCUT2D eigenvalue weighted by Crippen LogP contribution is 2.18. The molecule has 1 heterocycles. The number of hydrogen-bond donors (Lipinski definition) is 1. The van der Waals surface area contributed by atoms with E-state index in [2.05, 4.69) is 10.3 Å². The van der Waals surface area contributed by atoms with Crippen molar-refractivity contribution >= 4 is 40.0 Å². The van der Waals surface area contributed by atoms with E-state index in [0.29, 0.717) is 21.6 Å². The maximum Gasteiger partial charge on any atom is 0.261 e. The van der Waals surface area contributed by atoms with Crippen LogP contribution < -0.4 is 15.8 Å². The second kappa shape index (κ2) is 8.67. The first kappa shape index (κ1) is 19.6. The zero-order valence-electron chi connectivity index (χ0n) is 15.3. The smallest absolute Gasteiger partial charge is 0.261 e. The summed E-state index contributed by atoms with van der Waals surface area (Å²) in [7, 11) is 1.65. The molecule has 3 aromatic rings. The molecule has 0 saturated heterocycles. The van der Waals surface area contributed by atoms with E-state index in [4.69, 9.17) is 11.6 Å². The molecule has 28 heavy (non-hydrogen) atoms. The van der Waals surface area contributed by atoms with Crippen LogP contribution in [0.25, 0.3) is 10.9 Å². The van der Waals surface area contributed by atoms with Crippen LogP contribution in [0.2, 0.25) is 5.02 Å². The second-order valence-corrected chi connectivity index (χ2v) is 6.66. The molecular weight excluding hydrogens is 380 g/mol. The number of para-hydroxylation sites is 1. The van der Waals surface area contributed by atoms with E-state index >= 15 is 0 Å². The van der Waals surface area contributed by atoms with Crippen LogP contribution in [0.3, 0.4) is 0 Å². The van der Waals surface area contributed by atoms with Gasteiger partial charge in [0.1, 0.15) is 6.54 Å². The zero-order valence-corrected chi connectivity index (χ0v) is 16.0. The molecule has 1 N–H and O–H groups in total. The van der Waals surface area contributed by atoms with Crippen molar-refractivity contribution in [1.82, 2.24) is 14.9 Å². The fourth-order valence-corrected chi connectivity index (χ4v) is 2.92. The summed E-state index contributed by atoms with van der Waals surface area (Å²) in [6.07, 6.45) is 1.47. The molecule has 0 atom stereocenters. The van der Waals surface area contributed by atoms with Gasteiger partial charge in [-0.05, 0) is 30.3 Å². The maximum absolute atomic E-state index is 12.4. The molecule has 2 aromatic carbocycles. The lowest BCUT2D eigenvalue weighted by Crippen LogP contribution is -2.35. The highest BCUT2D eigenvalue weighted by molar-refractivity contribution is 6.30. The largest absolute Gasteiger partial charge is 0.354 e. The number of carbonyl (C=O) groups excluding carboxylic acids is 2. The van der Waals surface area contributed by atoms with E-state index in [1.807, 2.05) is 0 Å². The van der Waals surface area contributed by atoms with Crippen LogP contribution in [0.1, 0.15) is 6.42 Å². The van der Waals surface area contributed by atoms with Crippen LogP contribution in [0.5, 0.6) is 0 Å². The number of amides is 2. The van der Waals surface area contributed by atoms with Crippen LogP contribution in [0, 0.1) is 0 Å². The van der Waals surface area contributed by atoms with Crippen molar-refractivity contribution in [2.24, 2.45) is 0 Å². The monoisotopic (exact) mass is 398 g/mol. The average Bonchev–Trinajstić information content (AvgIpc) is 2.69. The van der Waals surface area contributed by atoms with Gasteiger partial charge in [-0.15, -0.1) is 0 Å². The maximum atomic E-state index is 12.4. The molecule has 7 nitrogen and oxygen atoms in total. The number of rotatable bonds is 6. The van der Waals surface area contributed by atoms with E-state index in [1.165, 1.54) is 15.8 Å². The van der Waals surface area contributed by atoms with Crippen LogP contribution in [0.4, 0.5) is 5.69 Å². The highest BCUT2D eigenvalue weighted by Gasteiger charge is 2.12. The van der Waals surface area contributed by atoms with E-state index in [1.54, 1.807) is 55.6 Å². The summed E-state index contributed by atoms with van der Waals surface area (Å²) in [6.45, 7) is 0.00727. The molecule has 0 fully saturated rings. The molecule has 0 aliphatic carbocycles. The lowest BCUT2D eigenvalue weighted by Gasteiger charge is -2.17. The number of nitrogens with one attached hydrogen (secondary N) is 1. The molecule has 0 aliphatic heterocycles. The number of benzene rings is 2. The minimum absolute atomic E-state index is 0.125. The van der Waals surface area contributed by atoms with E-state index in [0.717, 1.165) is 0 Å². The van der Waals surface area contributed by atoms with Crippen molar-refractivity contribution in [2.75, 3.05) is 18.5 Å². The third kappa shape index (κ3) is 4.55. The van der Waals surface area contributed by atoms with Crippen LogP contribution in [-0.4, -0.2) is 35.0 Å². The molecule has 2 amide bonds. The Kier molecular flexibility index (Phi) is 6.06. The van der Waals surface area contributed by atoms with Gasteiger partial charge >= 0.3 is 0 Å². The molecule has 1 aromatic heterocycles. The summed E-state index contributed by atoms with van der Waals surface area (Å²) in [5.74, 6) is -0.524. The standard InChI is InChI=1S/C20H19ClN4O3/c1-24(15-6-4-5-14(21)11-15)19(27)9-10-22-18(26)12-25-13-23-17-8-3-2-7-16(17)20(25)28/h2-8,11,13H,9-10,12H2,1H3,(H,22,26). The summed E-state index contributed by atoms with van der Waals surface area (Å²) in [5, 5.41) is 3.65. The van der Waals surface area contributed by atoms with Crippen LogP contribution in [-0.2, 0) is 16.1 Å². The van der Waals surface area contributed by atoms with E-state index in [9.17, 15) is 14.4 Å². The number of fused-ring (bicyclic) bond motifs is 1. The molecule has 0 bridgehead atoms. The summed E-state index contributed by atoms with van der Waals surface area (Å²) in [6, 6.07) is 13.9. The Labute approximate surface area is 166 Å². The van der Waals surface area contributed by atoms with Gasteiger partial charge in [-0.3, -0.25) is 19.0 Å². The predicted molar refractivity (Wildman–Crippen MR) is 108 cm³/mol. The Hall–Kier alpha value is -3.19. The first-order valence-electron chi connectivity index (χ1n) is 8.68. The quantitative estimate of drug-likeness (QED) is 0.690. The van der Waals surface area contributed by atoms with Gasteiger partial charge in [0, 0.05) is 30.7 Å². The van der Waals surface area contributed by atoms with Crippen molar-refractivity contribution in [2.45, 2.75) is 13.0 Å². The van der Waals surface area contributed by atoms with Gasteiger partial charge in [0.2, 0.25) is 11.8 Å². The molecule has 8 heteroatoms. The molecule has 3 rings (SSSR count). The number of anilines is 1. The second-order valence-electron chi connectivity index (χ2n) is 6.23. The van der Waals surface area contributed by atoms with Gasteiger partial charge in [0.25, 0.3) is 5.56 Å². The number of nitrogens with zero attached hydrogens (tertiary/aromatic N) is 3. The number of hydrogen-bond acceptors (Lipinski definition) is 4. The zero-order chi connectivity index (χ0) is 20.1. The van der Waals surface area contributed by atoms with Gasteiger partial charge in [0.15, 0.2) is 0 Å². The number of carbonyl (C=O) groups is 2. The van der Waals surface area contributed by atoms with Gasteiger partial charge in [-0.1, -0.05) is 29.8 Å². The van der Waals surface area contributed by atoms with E-state index in [-0.39, 0.29) is 36.9 Å². The summed E-state index contributed by atoms with van der Waals surface area (Å²) < 4.78 is 1.25. The Morgan fingerprint density at radius 3 is 2.75 bits per heavy atom. The molecule has 0 unspecified atom stereocenters. The van der Waals surface area contributed by atoms with Crippen molar-refractivity contribution in [3.8, 4) is 0 Å². The molecule has 144 valence electrons. The minimum Gasteiger partial charge on any atom is -0.354 e. The Morgan fingerprint density at radius 2 is 1.96 bits per heavy atom. The van der Waals surface area contributed by atoms with Crippen molar-refractivity contribution in [1.29, 1.82) is 0 Å². The lowest BCUT2D eigenvalue weighted by molar-refractivity contribution is -0.122. The first-order valence-corrected chi connectivity index (χ1v) is 9.06. The summed E-state index contributed by atoms with van der Waals surface area (Å²) in [4.78, 5) is 42.4. The normalized spacial score (nSPS) is 10.6. The summed E-state index contributed by atoms with van der Waals surface area (Å²) >= 11 is 5.94. The van der Waals surface area contributed by atoms with Gasteiger partial charge in [-0.25, -0.2) is 4.98 Å². The Morgan fingerprint density at radius 1 is 1.18 bits per heavy atom. The SMILES string of the molecule is CN(C(=O)CCNC(=O)Cn1cnc2ccccc2c1=O)c1cccc(Cl)c1. The minimum atomic E-state index is -0.364. The molecule has 0 aliphatic rings. The third-order valence-corrected chi connectivity index (χ3v) is 4.51. The third-order valence-electron chi connectivity index (χ3n) is 4.28. The van der Waals surface area contributed by atoms with Gasteiger partial charge in [-0.2, -0.15) is 0 Å². The molecule has 0 spiro atoms. The van der Waals surface area contributed by atoms with E-state index < -0.39 is 0 Å². The van der Waals surface area contributed by atoms with Crippen molar-refractivity contribution in [3.63, 3.8) is 0 Å². The van der Waals surface area contributed by atoms with Crippen molar-refractivity contribution < 1.29 is 9.59 Å². The predicted octanol–water partition coefficient (Wildman–Crippen LogP) is 2.22. The Bertz CT molecular complexity index is 1080. The fraction of sp³-hybridized carbons (Fsp3) is 0.200.